The number of aliphatic hydroxyl groups excluding tert-OH is 1. The first-order valence-corrected chi connectivity index (χ1v) is 10.1. The van der Waals surface area contributed by atoms with E-state index in [0.717, 1.165) is 0 Å². The number of nitrogens with zero attached hydrogens (tertiary/aromatic N) is 1. The number of para-hydroxylation sites is 1. The third-order valence-corrected chi connectivity index (χ3v) is 4.92. The Morgan fingerprint density at radius 2 is 1.87 bits per heavy atom. The quantitative estimate of drug-likeness (QED) is 0.419. The molecule has 3 rings (SSSR count). The van der Waals surface area contributed by atoms with E-state index in [1.807, 2.05) is 39.0 Å². The Morgan fingerprint density at radius 1 is 1.13 bits per heavy atom. The summed E-state index contributed by atoms with van der Waals surface area (Å²) in [6.07, 6.45) is 0.641. The number of likely N-dealkylation sites (tertiary alicyclic amines) is 1. The van der Waals surface area contributed by atoms with Crippen molar-refractivity contribution < 1.29 is 24.2 Å². The number of hydrogen-bond acceptors (Lipinski definition) is 5. The molecule has 1 aliphatic rings. The lowest BCUT2D eigenvalue weighted by Crippen LogP contribution is -2.30. The zero-order chi connectivity index (χ0) is 21.8. The lowest BCUT2D eigenvalue weighted by Gasteiger charge is -2.26. The van der Waals surface area contributed by atoms with Gasteiger partial charge in [0.2, 0.25) is 0 Å². The summed E-state index contributed by atoms with van der Waals surface area (Å²) in [5, 5.41) is 11.1. The molecular weight excluding hydrogens is 382 g/mol. The highest BCUT2D eigenvalue weighted by Gasteiger charge is 2.46. The normalized spacial score (nSPS) is 18.2. The fraction of sp³-hybridized carbons (Fsp3) is 0.333. The summed E-state index contributed by atoms with van der Waals surface area (Å²) in [6, 6.07) is 13.4. The van der Waals surface area contributed by atoms with Gasteiger partial charge in [-0.05, 0) is 38.5 Å². The molecule has 1 atom stereocenters. The number of amides is 1. The lowest BCUT2D eigenvalue weighted by molar-refractivity contribution is -0.139. The number of benzene rings is 2. The molecule has 1 fully saturated rings. The van der Waals surface area contributed by atoms with Crippen LogP contribution in [-0.2, 0) is 9.59 Å². The summed E-state index contributed by atoms with van der Waals surface area (Å²) in [5.41, 5.74) is 1.13. The molecule has 2 aromatic carbocycles. The molecule has 1 aliphatic heterocycles. The Hall–Kier alpha value is -3.28. The molecule has 2 aromatic rings. The lowest BCUT2D eigenvalue weighted by atomic mass is 9.94. The number of methoxy groups -OCH3 is 1. The van der Waals surface area contributed by atoms with Crippen LogP contribution in [0.5, 0.6) is 11.5 Å². The van der Waals surface area contributed by atoms with E-state index in [2.05, 4.69) is 0 Å². The molecule has 0 radical (unpaired) electrons. The standard InChI is InChI=1S/C24H27NO5/c1-5-13-25-21(18-11-6-7-12-19(18)29-4)20(23(27)24(25)28)22(26)16-9-8-10-17(14-16)30-15(2)3/h6-12,14-15,21,26H,5,13H2,1-4H3/b22-20+. The molecule has 1 saturated heterocycles. The average Bonchev–Trinajstić information content (AvgIpc) is 2.98. The minimum atomic E-state index is -0.726. The Bertz CT molecular complexity index is 979. The molecule has 158 valence electrons. The first-order chi connectivity index (χ1) is 14.4. The topological polar surface area (TPSA) is 76.1 Å². The molecule has 1 unspecified atom stereocenters. The molecule has 1 N–H and O–H groups in total. The van der Waals surface area contributed by atoms with Crippen molar-refractivity contribution >= 4 is 17.4 Å². The van der Waals surface area contributed by atoms with E-state index in [1.165, 1.54) is 12.0 Å². The van der Waals surface area contributed by atoms with Crippen LogP contribution in [0.3, 0.4) is 0 Å². The first kappa shape index (κ1) is 21.4. The van der Waals surface area contributed by atoms with Gasteiger partial charge in [0, 0.05) is 17.7 Å². The fourth-order valence-electron chi connectivity index (χ4n) is 3.71. The molecule has 30 heavy (non-hydrogen) atoms. The van der Waals surface area contributed by atoms with Crippen molar-refractivity contribution in [2.75, 3.05) is 13.7 Å². The van der Waals surface area contributed by atoms with Crippen molar-refractivity contribution in [1.82, 2.24) is 4.90 Å². The van der Waals surface area contributed by atoms with Crippen molar-refractivity contribution in [3.05, 3.63) is 65.2 Å². The molecule has 0 spiro atoms. The summed E-state index contributed by atoms with van der Waals surface area (Å²) in [7, 11) is 1.54. The number of ketones is 1. The van der Waals surface area contributed by atoms with Crippen molar-refractivity contribution in [2.24, 2.45) is 0 Å². The van der Waals surface area contributed by atoms with Gasteiger partial charge in [0.15, 0.2) is 0 Å². The maximum absolute atomic E-state index is 13.0. The summed E-state index contributed by atoms with van der Waals surface area (Å²) in [6.45, 7) is 6.14. The van der Waals surface area contributed by atoms with Gasteiger partial charge in [-0.3, -0.25) is 9.59 Å². The summed E-state index contributed by atoms with van der Waals surface area (Å²) < 4.78 is 11.2. The van der Waals surface area contributed by atoms with E-state index in [0.29, 0.717) is 35.6 Å². The SMILES string of the molecule is CCCN1C(=O)C(=O)/C(=C(/O)c2cccc(OC(C)C)c2)C1c1ccccc1OC. The second kappa shape index (κ2) is 9.03. The number of carbonyl (C=O) groups excluding carboxylic acids is 2. The van der Waals surface area contributed by atoms with Crippen molar-refractivity contribution in [2.45, 2.75) is 39.3 Å². The largest absolute Gasteiger partial charge is 0.507 e. The van der Waals surface area contributed by atoms with Gasteiger partial charge in [0.1, 0.15) is 17.3 Å². The summed E-state index contributed by atoms with van der Waals surface area (Å²) >= 11 is 0. The minimum Gasteiger partial charge on any atom is -0.507 e. The molecule has 0 aliphatic carbocycles. The number of carbonyl (C=O) groups is 2. The number of Topliss-reactive ketones (excluding diaryl/α,β-unsaturated/α-hetero) is 1. The van der Waals surface area contributed by atoms with Gasteiger partial charge in [0.05, 0.1) is 24.8 Å². The van der Waals surface area contributed by atoms with Crippen molar-refractivity contribution in [1.29, 1.82) is 0 Å². The molecular formula is C24H27NO5. The van der Waals surface area contributed by atoms with E-state index >= 15 is 0 Å². The second-order valence-corrected chi connectivity index (χ2v) is 7.43. The number of ether oxygens (including phenoxy) is 2. The predicted molar refractivity (Wildman–Crippen MR) is 115 cm³/mol. The molecule has 1 heterocycles. The van der Waals surface area contributed by atoms with Gasteiger partial charge in [-0.25, -0.2) is 0 Å². The van der Waals surface area contributed by atoms with Crippen LogP contribution in [0, 0.1) is 0 Å². The molecule has 0 aromatic heterocycles. The van der Waals surface area contributed by atoms with Gasteiger partial charge < -0.3 is 19.5 Å². The van der Waals surface area contributed by atoms with E-state index in [-0.39, 0.29) is 17.4 Å². The molecule has 0 bridgehead atoms. The average molecular weight is 409 g/mol. The van der Waals surface area contributed by atoms with Crippen molar-refractivity contribution in [3.8, 4) is 11.5 Å². The first-order valence-electron chi connectivity index (χ1n) is 10.1. The molecule has 0 saturated carbocycles. The van der Waals surface area contributed by atoms with Crippen LogP contribution < -0.4 is 9.47 Å². The van der Waals surface area contributed by atoms with Gasteiger partial charge in [-0.15, -0.1) is 0 Å². The van der Waals surface area contributed by atoms with Crippen LogP contribution in [-0.4, -0.2) is 41.5 Å². The van der Waals surface area contributed by atoms with Crippen LogP contribution >= 0.6 is 0 Å². The highest BCUT2D eigenvalue weighted by Crippen LogP contribution is 2.42. The Balaban J connectivity index is 2.18. The maximum Gasteiger partial charge on any atom is 0.295 e. The third-order valence-electron chi connectivity index (χ3n) is 4.92. The van der Waals surface area contributed by atoms with Crippen LogP contribution in [0.4, 0.5) is 0 Å². The summed E-state index contributed by atoms with van der Waals surface area (Å²) in [5.74, 6) is -0.424. The van der Waals surface area contributed by atoms with Gasteiger partial charge >= 0.3 is 0 Å². The van der Waals surface area contributed by atoms with E-state index < -0.39 is 17.7 Å². The van der Waals surface area contributed by atoms with Crippen LogP contribution in [0.2, 0.25) is 0 Å². The number of aliphatic hydroxyl groups is 1. The van der Waals surface area contributed by atoms with E-state index in [9.17, 15) is 14.7 Å². The highest BCUT2D eigenvalue weighted by atomic mass is 16.5. The monoisotopic (exact) mass is 409 g/mol. The maximum atomic E-state index is 13.0. The Morgan fingerprint density at radius 3 is 2.53 bits per heavy atom. The smallest absolute Gasteiger partial charge is 0.295 e. The minimum absolute atomic E-state index is 0.0360. The highest BCUT2D eigenvalue weighted by molar-refractivity contribution is 6.46. The zero-order valence-electron chi connectivity index (χ0n) is 17.7. The molecule has 1 amide bonds. The summed E-state index contributed by atoms with van der Waals surface area (Å²) in [4.78, 5) is 27.3. The van der Waals surface area contributed by atoms with Gasteiger partial charge in [0.25, 0.3) is 11.7 Å². The van der Waals surface area contributed by atoms with Crippen LogP contribution in [0.25, 0.3) is 5.76 Å². The Labute approximate surface area is 176 Å². The Kier molecular flexibility index (Phi) is 6.45. The van der Waals surface area contributed by atoms with Crippen LogP contribution in [0.1, 0.15) is 44.4 Å². The van der Waals surface area contributed by atoms with Crippen LogP contribution in [0.15, 0.2) is 54.1 Å². The molecule has 6 nitrogen and oxygen atoms in total. The predicted octanol–water partition coefficient (Wildman–Crippen LogP) is 4.31. The third kappa shape index (κ3) is 4.03. The van der Waals surface area contributed by atoms with E-state index in [4.69, 9.17) is 9.47 Å². The zero-order valence-corrected chi connectivity index (χ0v) is 17.7. The number of rotatable bonds is 7. The van der Waals surface area contributed by atoms with E-state index in [1.54, 1.807) is 30.3 Å². The molecule has 6 heteroatoms. The second-order valence-electron chi connectivity index (χ2n) is 7.43. The van der Waals surface area contributed by atoms with Crippen molar-refractivity contribution in [3.63, 3.8) is 0 Å². The number of hydrogen-bond donors (Lipinski definition) is 1. The van der Waals surface area contributed by atoms with Gasteiger partial charge in [-0.2, -0.15) is 0 Å². The fourth-order valence-corrected chi connectivity index (χ4v) is 3.71. The van der Waals surface area contributed by atoms with Gasteiger partial charge in [-0.1, -0.05) is 37.3 Å².